The maximum atomic E-state index is 11.6. The monoisotopic (exact) mass is 426 g/mol. The summed E-state index contributed by atoms with van der Waals surface area (Å²) in [6.07, 6.45) is 3.06. The van der Waals surface area contributed by atoms with E-state index in [0.717, 1.165) is 22.2 Å². The predicted molar refractivity (Wildman–Crippen MR) is 110 cm³/mol. The number of anilines is 1. The Morgan fingerprint density at radius 2 is 1.93 bits per heavy atom. The van der Waals surface area contributed by atoms with Gasteiger partial charge in [0.05, 0.1) is 15.7 Å². The molecule has 144 valence electrons. The highest BCUT2D eigenvalue weighted by atomic mass is 35.5. The summed E-state index contributed by atoms with van der Waals surface area (Å²) in [5, 5.41) is 1.93. The molecule has 27 heavy (non-hydrogen) atoms. The minimum Gasteiger partial charge on any atom is -0.341 e. The average Bonchev–Trinajstić information content (AvgIpc) is 2.65. The zero-order chi connectivity index (χ0) is 19.6. The van der Waals surface area contributed by atoms with Crippen molar-refractivity contribution < 1.29 is 8.42 Å². The van der Waals surface area contributed by atoms with Gasteiger partial charge in [0.25, 0.3) is 0 Å². The second-order valence-electron chi connectivity index (χ2n) is 6.41. The normalized spacial score (nSPS) is 15.7. The van der Waals surface area contributed by atoms with Crippen molar-refractivity contribution in [1.29, 1.82) is 0 Å². The number of rotatable bonds is 5. The lowest BCUT2D eigenvalue weighted by atomic mass is 10.1. The molecule has 3 rings (SSSR count). The van der Waals surface area contributed by atoms with E-state index in [-0.39, 0.29) is 6.04 Å². The lowest BCUT2D eigenvalue weighted by Gasteiger charge is -2.32. The molecule has 0 saturated carbocycles. The van der Waals surface area contributed by atoms with Gasteiger partial charge < -0.3 is 4.90 Å². The summed E-state index contributed by atoms with van der Waals surface area (Å²) < 4.78 is 25.9. The molecule has 1 saturated heterocycles. The molecule has 0 radical (unpaired) electrons. The number of sulfonamides is 1. The summed E-state index contributed by atoms with van der Waals surface area (Å²) in [5.41, 5.74) is 2.65. The van der Waals surface area contributed by atoms with Crippen LogP contribution in [0.2, 0.25) is 10.0 Å². The largest absolute Gasteiger partial charge is 0.341 e. The van der Waals surface area contributed by atoms with Crippen LogP contribution < -0.4 is 9.62 Å². The topological polar surface area (TPSA) is 75.2 Å². The van der Waals surface area contributed by atoms with Gasteiger partial charge in [0.15, 0.2) is 0 Å². The fraction of sp³-hybridized carbons (Fsp3) is 0.333. The standard InChI is InChI=1S/C18H20Cl2N4O2S/c1-3-27(25,26)23-13-5-8-24(9-6-13)18-21-7-4-17(22-18)14-11-16(20)15(19)10-12(14)2/h3-4,7,10-11,13,23H,1,5-6,8-9H2,2H3. The molecule has 0 bridgehead atoms. The molecule has 2 heterocycles. The van der Waals surface area contributed by atoms with Crippen molar-refractivity contribution in [2.45, 2.75) is 25.8 Å². The van der Waals surface area contributed by atoms with Crippen LogP contribution in [0.25, 0.3) is 11.3 Å². The molecule has 0 unspecified atom stereocenters. The van der Waals surface area contributed by atoms with Crippen molar-refractivity contribution in [3.8, 4) is 11.3 Å². The summed E-state index contributed by atoms with van der Waals surface area (Å²) in [7, 11) is -3.42. The van der Waals surface area contributed by atoms with E-state index in [1.165, 1.54) is 0 Å². The first-order valence-electron chi connectivity index (χ1n) is 8.48. The molecular formula is C18H20Cl2N4O2S. The Labute approximate surface area is 169 Å². The molecule has 0 spiro atoms. The van der Waals surface area contributed by atoms with Crippen molar-refractivity contribution in [2.75, 3.05) is 18.0 Å². The molecule has 9 heteroatoms. The van der Waals surface area contributed by atoms with Gasteiger partial charge in [-0.2, -0.15) is 0 Å². The molecule has 0 aliphatic carbocycles. The predicted octanol–water partition coefficient (Wildman–Crippen LogP) is 3.79. The molecule has 6 nitrogen and oxygen atoms in total. The van der Waals surface area contributed by atoms with Gasteiger partial charge in [-0.05, 0) is 43.5 Å². The van der Waals surface area contributed by atoms with Gasteiger partial charge in [0.2, 0.25) is 16.0 Å². The van der Waals surface area contributed by atoms with E-state index in [1.54, 1.807) is 6.20 Å². The van der Waals surface area contributed by atoms with E-state index in [1.807, 2.05) is 25.1 Å². The highest BCUT2D eigenvalue weighted by molar-refractivity contribution is 7.92. The van der Waals surface area contributed by atoms with Crippen molar-refractivity contribution in [2.24, 2.45) is 0 Å². The van der Waals surface area contributed by atoms with E-state index in [4.69, 9.17) is 23.2 Å². The third-order valence-electron chi connectivity index (χ3n) is 4.51. The van der Waals surface area contributed by atoms with Crippen molar-refractivity contribution in [1.82, 2.24) is 14.7 Å². The summed E-state index contributed by atoms with van der Waals surface area (Å²) in [6.45, 7) is 6.60. The van der Waals surface area contributed by atoms with Crippen LogP contribution in [0.1, 0.15) is 18.4 Å². The smallest absolute Gasteiger partial charge is 0.233 e. The molecule has 1 aromatic carbocycles. The molecular weight excluding hydrogens is 407 g/mol. The number of hydrogen-bond acceptors (Lipinski definition) is 5. The minimum absolute atomic E-state index is 0.107. The van der Waals surface area contributed by atoms with E-state index in [9.17, 15) is 8.42 Å². The second-order valence-corrected chi connectivity index (χ2v) is 8.89. The van der Waals surface area contributed by atoms with E-state index < -0.39 is 10.0 Å². The van der Waals surface area contributed by atoms with Gasteiger partial charge in [0, 0.05) is 36.3 Å². The fourth-order valence-electron chi connectivity index (χ4n) is 3.05. The van der Waals surface area contributed by atoms with Gasteiger partial charge in [-0.25, -0.2) is 23.1 Å². The third-order valence-corrected chi connectivity index (χ3v) is 6.34. The number of benzene rings is 1. The van der Waals surface area contributed by atoms with Crippen LogP contribution >= 0.6 is 23.2 Å². The van der Waals surface area contributed by atoms with Crippen molar-refractivity contribution >= 4 is 39.2 Å². The first-order valence-corrected chi connectivity index (χ1v) is 10.8. The summed E-state index contributed by atoms with van der Waals surface area (Å²) in [5.74, 6) is 0.614. The van der Waals surface area contributed by atoms with E-state index >= 15 is 0 Å². The van der Waals surface area contributed by atoms with Crippen LogP contribution in [-0.4, -0.2) is 37.5 Å². The zero-order valence-corrected chi connectivity index (χ0v) is 17.2. The molecule has 1 aliphatic rings. The molecule has 1 aromatic heterocycles. The van der Waals surface area contributed by atoms with Crippen molar-refractivity contribution in [3.63, 3.8) is 0 Å². The van der Waals surface area contributed by atoms with E-state index in [0.29, 0.717) is 41.9 Å². The van der Waals surface area contributed by atoms with Crippen LogP contribution in [0.4, 0.5) is 5.95 Å². The van der Waals surface area contributed by atoms with Gasteiger partial charge in [0.1, 0.15) is 0 Å². The number of aromatic nitrogens is 2. The number of hydrogen-bond donors (Lipinski definition) is 1. The molecule has 1 aliphatic heterocycles. The van der Waals surface area contributed by atoms with Crippen molar-refractivity contribution in [3.05, 3.63) is 52.0 Å². The number of aryl methyl sites for hydroxylation is 1. The Bertz CT molecular complexity index is 958. The van der Waals surface area contributed by atoms with Gasteiger partial charge >= 0.3 is 0 Å². The number of nitrogens with one attached hydrogen (secondary N) is 1. The Kier molecular flexibility index (Phi) is 6.05. The number of nitrogens with zero attached hydrogens (tertiary/aromatic N) is 3. The van der Waals surface area contributed by atoms with Gasteiger partial charge in [-0.15, -0.1) is 0 Å². The number of piperidine rings is 1. The SMILES string of the molecule is C=CS(=O)(=O)NC1CCN(c2nccc(-c3cc(Cl)c(Cl)cc3C)n2)CC1. The molecule has 0 amide bonds. The summed E-state index contributed by atoms with van der Waals surface area (Å²) in [4.78, 5) is 11.1. The average molecular weight is 427 g/mol. The minimum atomic E-state index is -3.42. The molecule has 0 atom stereocenters. The first-order chi connectivity index (χ1) is 12.8. The van der Waals surface area contributed by atoms with Crippen LogP contribution in [-0.2, 0) is 10.0 Å². The molecule has 2 aromatic rings. The molecule has 1 N–H and O–H groups in total. The summed E-state index contributed by atoms with van der Waals surface area (Å²) in [6, 6.07) is 5.35. The first kappa shape index (κ1) is 20.1. The van der Waals surface area contributed by atoms with Gasteiger partial charge in [-0.1, -0.05) is 29.8 Å². The maximum absolute atomic E-state index is 11.6. The maximum Gasteiger partial charge on any atom is 0.233 e. The lowest BCUT2D eigenvalue weighted by molar-refractivity contribution is 0.459. The zero-order valence-electron chi connectivity index (χ0n) is 14.8. The summed E-state index contributed by atoms with van der Waals surface area (Å²) >= 11 is 12.2. The van der Waals surface area contributed by atoms with Crippen LogP contribution in [0, 0.1) is 6.92 Å². The van der Waals surface area contributed by atoms with Gasteiger partial charge in [-0.3, -0.25) is 0 Å². The fourth-order valence-corrected chi connectivity index (χ4v) is 4.23. The number of halogens is 2. The van der Waals surface area contributed by atoms with Crippen LogP contribution in [0.15, 0.2) is 36.4 Å². The highest BCUT2D eigenvalue weighted by Crippen LogP contribution is 2.31. The van der Waals surface area contributed by atoms with Crippen LogP contribution in [0.5, 0.6) is 0 Å². The van der Waals surface area contributed by atoms with E-state index in [2.05, 4.69) is 26.2 Å². The quantitative estimate of drug-likeness (QED) is 0.786. The highest BCUT2D eigenvalue weighted by Gasteiger charge is 2.24. The Morgan fingerprint density at radius 3 is 2.59 bits per heavy atom. The Balaban J connectivity index is 1.76. The third kappa shape index (κ3) is 4.79. The lowest BCUT2D eigenvalue weighted by Crippen LogP contribution is -2.44. The second kappa shape index (κ2) is 8.14. The molecule has 1 fully saturated rings. The van der Waals surface area contributed by atoms with Crippen LogP contribution in [0.3, 0.4) is 0 Å². The Hall–Kier alpha value is -1.67. The Morgan fingerprint density at radius 1 is 1.26 bits per heavy atom.